The molecule has 0 saturated carbocycles. The molecular formula is C19H26N4O3. The van der Waals surface area contributed by atoms with Crippen LogP contribution in [0.2, 0.25) is 0 Å². The summed E-state index contributed by atoms with van der Waals surface area (Å²) in [4.78, 5) is 22.2. The van der Waals surface area contributed by atoms with Crippen molar-refractivity contribution in [1.29, 1.82) is 0 Å². The van der Waals surface area contributed by atoms with Gasteiger partial charge in [0.05, 0.1) is 13.7 Å². The van der Waals surface area contributed by atoms with Crippen molar-refractivity contribution in [2.75, 3.05) is 39.2 Å². The molecule has 1 aromatic heterocycles. The zero-order valence-electron chi connectivity index (χ0n) is 15.6. The van der Waals surface area contributed by atoms with E-state index in [4.69, 9.17) is 9.47 Å². The number of nitrogens with one attached hydrogen (secondary N) is 1. The second kappa shape index (κ2) is 10.2. The summed E-state index contributed by atoms with van der Waals surface area (Å²) in [6, 6.07) is 9.07. The van der Waals surface area contributed by atoms with Crippen LogP contribution in [0.3, 0.4) is 0 Å². The van der Waals surface area contributed by atoms with Gasteiger partial charge in [0.1, 0.15) is 35.9 Å². The lowest BCUT2D eigenvalue weighted by atomic mass is 10.3. The topological polar surface area (TPSA) is 76.6 Å². The van der Waals surface area contributed by atoms with E-state index in [0.717, 1.165) is 30.9 Å². The molecule has 1 amide bonds. The van der Waals surface area contributed by atoms with Gasteiger partial charge in [-0.15, -0.1) is 0 Å². The number of aromatic nitrogens is 2. The third-order valence-electron chi connectivity index (χ3n) is 3.82. The molecule has 0 aliphatic heterocycles. The SMILES string of the molecule is CCCCN(C)C(=O)c1cc(NCCOc2ccc(OC)cc2)ncn1. The van der Waals surface area contributed by atoms with Crippen molar-refractivity contribution in [3.05, 3.63) is 42.4 Å². The van der Waals surface area contributed by atoms with Gasteiger partial charge >= 0.3 is 0 Å². The number of unbranched alkanes of at least 4 members (excludes halogenated alkanes) is 1. The lowest BCUT2D eigenvalue weighted by Crippen LogP contribution is -2.28. The Morgan fingerprint density at radius 2 is 1.92 bits per heavy atom. The molecule has 1 aromatic carbocycles. The van der Waals surface area contributed by atoms with E-state index in [1.165, 1.54) is 6.33 Å². The van der Waals surface area contributed by atoms with Gasteiger partial charge in [0.25, 0.3) is 5.91 Å². The molecule has 0 saturated heterocycles. The minimum Gasteiger partial charge on any atom is -0.497 e. The number of ether oxygens (including phenoxy) is 2. The number of carbonyl (C=O) groups excluding carboxylic acids is 1. The van der Waals surface area contributed by atoms with Crippen molar-refractivity contribution in [1.82, 2.24) is 14.9 Å². The third-order valence-corrected chi connectivity index (χ3v) is 3.82. The van der Waals surface area contributed by atoms with Crippen molar-refractivity contribution < 1.29 is 14.3 Å². The zero-order chi connectivity index (χ0) is 18.8. The molecule has 0 radical (unpaired) electrons. The van der Waals surface area contributed by atoms with Crippen molar-refractivity contribution in [3.63, 3.8) is 0 Å². The zero-order valence-corrected chi connectivity index (χ0v) is 15.6. The van der Waals surface area contributed by atoms with Gasteiger partial charge in [0.2, 0.25) is 0 Å². The van der Waals surface area contributed by atoms with Crippen LogP contribution < -0.4 is 14.8 Å². The largest absolute Gasteiger partial charge is 0.497 e. The summed E-state index contributed by atoms with van der Waals surface area (Å²) >= 11 is 0. The lowest BCUT2D eigenvalue weighted by Gasteiger charge is -2.16. The van der Waals surface area contributed by atoms with E-state index in [2.05, 4.69) is 22.2 Å². The number of amides is 1. The molecule has 0 unspecified atom stereocenters. The molecule has 0 atom stereocenters. The molecule has 0 bridgehead atoms. The molecule has 0 spiro atoms. The minimum atomic E-state index is -0.0987. The highest BCUT2D eigenvalue weighted by Gasteiger charge is 2.13. The van der Waals surface area contributed by atoms with Crippen molar-refractivity contribution in [2.24, 2.45) is 0 Å². The number of carbonyl (C=O) groups is 1. The fraction of sp³-hybridized carbons (Fsp3) is 0.421. The smallest absolute Gasteiger partial charge is 0.272 e. The minimum absolute atomic E-state index is 0.0987. The maximum absolute atomic E-state index is 12.3. The average Bonchev–Trinajstić information content (AvgIpc) is 2.69. The third kappa shape index (κ3) is 5.91. The Morgan fingerprint density at radius 1 is 1.19 bits per heavy atom. The molecule has 7 nitrogen and oxygen atoms in total. The number of rotatable bonds is 10. The van der Waals surface area contributed by atoms with Crippen LogP contribution in [0.1, 0.15) is 30.3 Å². The van der Waals surface area contributed by atoms with Crippen LogP contribution in [0.5, 0.6) is 11.5 Å². The first-order valence-electron chi connectivity index (χ1n) is 8.72. The van der Waals surface area contributed by atoms with E-state index >= 15 is 0 Å². The fourth-order valence-electron chi connectivity index (χ4n) is 2.28. The predicted molar refractivity (Wildman–Crippen MR) is 101 cm³/mol. The normalized spacial score (nSPS) is 10.3. The Kier molecular flexibility index (Phi) is 7.67. The molecule has 2 rings (SSSR count). The molecule has 140 valence electrons. The monoisotopic (exact) mass is 358 g/mol. The summed E-state index contributed by atoms with van der Waals surface area (Å²) in [5, 5.41) is 3.14. The van der Waals surface area contributed by atoms with Crippen molar-refractivity contribution in [3.8, 4) is 11.5 Å². The second-order valence-corrected chi connectivity index (χ2v) is 5.82. The second-order valence-electron chi connectivity index (χ2n) is 5.82. The van der Waals surface area contributed by atoms with Gasteiger partial charge in [-0.25, -0.2) is 9.97 Å². The fourth-order valence-corrected chi connectivity index (χ4v) is 2.28. The first-order valence-corrected chi connectivity index (χ1v) is 8.72. The highest BCUT2D eigenvalue weighted by atomic mass is 16.5. The first kappa shape index (κ1) is 19.5. The molecule has 2 aromatic rings. The Labute approximate surface area is 154 Å². The van der Waals surface area contributed by atoms with Crippen LogP contribution in [0.25, 0.3) is 0 Å². The van der Waals surface area contributed by atoms with Crippen LogP contribution in [-0.2, 0) is 0 Å². The van der Waals surface area contributed by atoms with Crippen molar-refractivity contribution >= 4 is 11.7 Å². The van der Waals surface area contributed by atoms with Crippen LogP contribution >= 0.6 is 0 Å². The van der Waals surface area contributed by atoms with E-state index in [9.17, 15) is 4.79 Å². The summed E-state index contributed by atoms with van der Waals surface area (Å²) in [7, 11) is 3.41. The van der Waals surface area contributed by atoms with E-state index in [1.807, 2.05) is 24.3 Å². The van der Waals surface area contributed by atoms with E-state index in [-0.39, 0.29) is 5.91 Å². The Bertz CT molecular complexity index is 691. The highest BCUT2D eigenvalue weighted by molar-refractivity contribution is 5.92. The van der Waals surface area contributed by atoms with Gasteiger partial charge in [0.15, 0.2) is 0 Å². The number of methoxy groups -OCH3 is 1. The van der Waals surface area contributed by atoms with Gasteiger partial charge in [-0.2, -0.15) is 0 Å². The molecule has 0 aliphatic rings. The first-order chi connectivity index (χ1) is 12.6. The Balaban J connectivity index is 1.81. The van der Waals surface area contributed by atoms with E-state index in [1.54, 1.807) is 25.1 Å². The van der Waals surface area contributed by atoms with Crippen LogP contribution in [0.15, 0.2) is 36.7 Å². The van der Waals surface area contributed by atoms with Crippen LogP contribution in [0.4, 0.5) is 5.82 Å². The quantitative estimate of drug-likeness (QED) is 0.658. The molecule has 0 fully saturated rings. The van der Waals surface area contributed by atoms with Crippen molar-refractivity contribution in [2.45, 2.75) is 19.8 Å². The van der Waals surface area contributed by atoms with Gasteiger partial charge in [-0.1, -0.05) is 13.3 Å². The molecular weight excluding hydrogens is 332 g/mol. The highest BCUT2D eigenvalue weighted by Crippen LogP contribution is 2.16. The molecule has 0 aliphatic carbocycles. The average molecular weight is 358 g/mol. The molecule has 1 heterocycles. The summed E-state index contributed by atoms with van der Waals surface area (Å²) in [5.41, 5.74) is 0.386. The number of hydrogen-bond donors (Lipinski definition) is 1. The van der Waals surface area contributed by atoms with Gasteiger partial charge in [-0.05, 0) is 30.7 Å². The summed E-state index contributed by atoms with van der Waals surface area (Å²) < 4.78 is 10.8. The Hall–Kier alpha value is -2.83. The van der Waals surface area contributed by atoms with Gasteiger partial charge in [0, 0.05) is 19.7 Å². The number of benzene rings is 1. The lowest BCUT2D eigenvalue weighted by molar-refractivity contribution is 0.0787. The van der Waals surface area contributed by atoms with Gasteiger partial charge in [-0.3, -0.25) is 4.79 Å². The number of nitrogens with zero attached hydrogens (tertiary/aromatic N) is 3. The summed E-state index contributed by atoms with van der Waals surface area (Å²) in [6.45, 7) is 3.84. The molecule has 1 N–H and O–H groups in total. The maximum atomic E-state index is 12.3. The van der Waals surface area contributed by atoms with Crippen LogP contribution in [0, 0.1) is 0 Å². The molecule has 7 heteroatoms. The number of anilines is 1. The standard InChI is InChI=1S/C19H26N4O3/c1-4-5-11-23(2)19(24)17-13-18(22-14-21-17)20-10-12-26-16-8-6-15(25-3)7-9-16/h6-9,13-14H,4-5,10-12H2,1-3H3,(H,20,21,22). The van der Waals surface area contributed by atoms with E-state index in [0.29, 0.717) is 24.7 Å². The molecule has 26 heavy (non-hydrogen) atoms. The maximum Gasteiger partial charge on any atom is 0.272 e. The Morgan fingerprint density at radius 3 is 2.62 bits per heavy atom. The van der Waals surface area contributed by atoms with Gasteiger partial charge < -0.3 is 19.7 Å². The number of hydrogen-bond acceptors (Lipinski definition) is 6. The summed E-state index contributed by atoms with van der Waals surface area (Å²) in [6.07, 6.45) is 3.41. The summed E-state index contributed by atoms with van der Waals surface area (Å²) in [5.74, 6) is 2.06. The predicted octanol–water partition coefficient (Wildman–Crippen LogP) is 2.85. The van der Waals surface area contributed by atoms with E-state index < -0.39 is 0 Å². The van der Waals surface area contributed by atoms with Crippen LogP contribution in [-0.4, -0.2) is 54.6 Å².